The average molecular weight is 213 g/mol. The minimum Gasteiger partial charge on any atom is -0.479 e. The highest BCUT2D eigenvalue weighted by Crippen LogP contribution is 2.11. The standard InChI is InChI=1S/C8H7NO6/c10-6(11)3-1-4(7(12)13)9-5(2-3)8(14)15/h1-2,4,9H,(H,10,11)(H,12,13)(H,14,15). The van der Waals surface area contributed by atoms with Gasteiger partial charge in [-0.3, -0.25) is 0 Å². The minimum atomic E-state index is -1.41. The Morgan fingerprint density at radius 2 is 1.73 bits per heavy atom. The molecular weight excluding hydrogens is 206 g/mol. The zero-order chi connectivity index (χ0) is 11.6. The Morgan fingerprint density at radius 1 is 1.13 bits per heavy atom. The molecule has 0 aromatic rings. The van der Waals surface area contributed by atoms with Gasteiger partial charge in [-0.25, -0.2) is 14.4 Å². The zero-order valence-electron chi connectivity index (χ0n) is 7.30. The van der Waals surface area contributed by atoms with Gasteiger partial charge in [0.2, 0.25) is 0 Å². The second-order valence-electron chi connectivity index (χ2n) is 2.75. The molecule has 0 bridgehead atoms. The van der Waals surface area contributed by atoms with Crippen molar-refractivity contribution in [3.8, 4) is 0 Å². The van der Waals surface area contributed by atoms with Crippen LogP contribution in [0.25, 0.3) is 0 Å². The number of nitrogens with one attached hydrogen (secondary N) is 1. The number of carbonyl (C=O) groups is 3. The van der Waals surface area contributed by atoms with Crippen molar-refractivity contribution in [3.05, 3.63) is 23.4 Å². The van der Waals surface area contributed by atoms with E-state index >= 15 is 0 Å². The fourth-order valence-electron chi connectivity index (χ4n) is 1.02. The van der Waals surface area contributed by atoms with Gasteiger partial charge in [0, 0.05) is 0 Å². The first-order chi connectivity index (χ1) is 6.91. The van der Waals surface area contributed by atoms with E-state index in [4.69, 9.17) is 15.3 Å². The third-order valence-electron chi connectivity index (χ3n) is 1.70. The molecule has 80 valence electrons. The monoisotopic (exact) mass is 213 g/mol. The summed E-state index contributed by atoms with van der Waals surface area (Å²) in [5.41, 5.74) is -0.819. The van der Waals surface area contributed by atoms with Crippen LogP contribution in [0.5, 0.6) is 0 Å². The predicted octanol–water partition coefficient (Wildman–Crippen LogP) is -0.978. The maximum Gasteiger partial charge on any atom is 0.352 e. The highest BCUT2D eigenvalue weighted by atomic mass is 16.4. The summed E-state index contributed by atoms with van der Waals surface area (Å²) in [5, 5.41) is 28.0. The number of hydrogen-bond acceptors (Lipinski definition) is 4. The van der Waals surface area contributed by atoms with E-state index < -0.39 is 29.6 Å². The van der Waals surface area contributed by atoms with Crippen molar-refractivity contribution in [2.75, 3.05) is 0 Å². The summed E-state index contributed by atoms with van der Waals surface area (Å²) in [6, 6.07) is -1.34. The van der Waals surface area contributed by atoms with Gasteiger partial charge in [0.1, 0.15) is 11.7 Å². The van der Waals surface area contributed by atoms with E-state index in [1.54, 1.807) is 0 Å². The van der Waals surface area contributed by atoms with Gasteiger partial charge in [0.25, 0.3) is 0 Å². The summed E-state index contributed by atoms with van der Waals surface area (Å²) in [7, 11) is 0. The van der Waals surface area contributed by atoms with Crippen LogP contribution in [-0.4, -0.2) is 39.3 Å². The molecule has 7 nitrogen and oxygen atoms in total. The molecule has 0 aliphatic carbocycles. The topological polar surface area (TPSA) is 124 Å². The van der Waals surface area contributed by atoms with Crippen LogP contribution in [0, 0.1) is 0 Å². The van der Waals surface area contributed by atoms with Crippen LogP contribution in [0.2, 0.25) is 0 Å². The van der Waals surface area contributed by atoms with Crippen LogP contribution >= 0.6 is 0 Å². The van der Waals surface area contributed by atoms with Crippen LogP contribution < -0.4 is 5.32 Å². The Hall–Kier alpha value is -2.31. The minimum absolute atomic E-state index is 0.362. The van der Waals surface area contributed by atoms with Crippen LogP contribution in [0.15, 0.2) is 23.4 Å². The van der Waals surface area contributed by atoms with Gasteiger partial charge in [-0.1, -0.05) is 0 Å². The van der Waals surface area contributed by atoms with Gasteiger partial charge in [0.05, 0.1) is 5.57 Å². The molecule has 0 amide bonds. The van der Waals surface area contributed by atoms with E-state index in [-0.39, 0.29) is 5.57 Å². The van der Waals surface area contributed by atoms with Crippen LogP contribution in [-0.2, 0) is 14.4 Å². The molecule has 1 atom stereocenters. The van der Waals surface area contributed by atoms with Crippen molar-refractivity contribution < 1.29 is 29.7 Å². The van der Waals surface area contributed by atoms with E-state index in [1.165, 1.54) is 0 Å². The maximum atomic E-state index is 10.6. The van der Waals surface area contributed by atoms with E-state index in [2.05, 4.69) is 5.32 Å². The Bertz CT molecular complexity index is 394. The van der Waals surface area contributed by atoms with E-state index in [9.17, 15) is 14.4 Å². The predicted molar refractivity (Wildman–Crippen MR) is 46.0 cm³/mol. The first-order valence-electron chi connectivity index (χ1n) is 3.81. The second-order valence-corrected chi connectivity index (χ2v) is 2.75. The molecule has 4 N–H and O–H groups in total. The molecule has 0 spiro atoms. The van der Waals surface area contributed by atoms with Crippen LogP contribution in [0.3, 0.4) is 0 Å². The maximum absolute atomic E-state index is 10.6. The molecule has 0 aromatic heterocycles. The molecule has 1 rings (SSSR count). The molecular formula is C8H7NO6. The second kappa shape index (κ2) is 3.82. The van der Waals surface area contributed by atoms with Crippen molar-refractivity contribution in [1.29, 1.82) is 0 Å². The largest absolute Gasteiger partial charge is 0.479 e. The Balaban J connectivity index is 3.07. The molecule has 0 saturated carbocycles. The Morgan fingerprint density at radius 3 is 2.13 bits per heavy atom. The quantitative estimate of drug-likeness (QED) is 0.475. The van der Waals surface area contributed by atoms with Crippen molar-refractivity contribution >= 4 is 17.9 Å². The summed E-state index contributed by atoms with van der Waals surface area (Å²) in [4.78, 5) is 31.7. The normalized spacial score (nSPS) is 19.6. The van der Waals surface area contributed by atoms with Crippen molar-refractivity contribution in [2.45, 2.75) is 6.04 Å². The molecule has 15 heavy (non-hydrogen) atoms. The van der Waals surface area contributed by atoms with Gasteiger partial charge < -0.3 is 20.6 Å². The fraction of sp³-hybridized carbons (Fsp3) is 0.125. The highest BCUT2D eigenvalue weighted by molar-refractivity contribution is 5.97. The number of carboxylic acid groups (broad SMARTS) is 3. The lowest BCUT2D eigenvalue weighted by atomic mass is 10.1. The lowest BCUT2D eigenvalue weighted by Crippen LogP contribution is -2.39. The Kier molecular flexibility index (Phi) is 2.75. The number of rotatable bonds is 3. The smallest absolute Gasteiger partial charge is 0.352 e. The van der Waals surface area contributed by atoms with Gasteiger partial charge >= 0.3 is 17.9 Å². The third-order valence-corrected chi connectivity index (χ3v) is 1.70. The molecule has 1 heterocycles. The summed E-state index contributed by atoms with van der Waals surface area (Å²) in [6.45, 7) is 0. The lowest BCUT2D eigenvalue weighted by molar-refractivity contribution is -0.138. The summed E-state index contributed by atoms with van der Waals surface area (Å²) >= 11 is 0. The molecule has 7 heteroatoms. The third kappa shape index (κ3) is 2.33. The summed E-state index contributed by atoms with van der Waals surface area (Å²) in [6.07, 6.45) is 1.79. The number of aliphatic carboxylic acids is 3. The van der Waals surface area contributed by atoms with Gasteiger partial charge in [0.15, 0.2) is 0 Å². The number of hydrogen-bond donors (Lipinski definition) is 4. The van der Waals surface area contributed by atoms with Crippen LogP contribution in [0.4, 0.5) is 0 Å². The average Bonchev–Trinajstić information content (AvgIpc) is 2.16. The molecule has 1 aliphatic heterocycles. The molecule has 0 saturated heterocycles. The molecule has 0 radical (unpaired) electrons. The lowest BCUT2D eigenvalue weighted by Gasteiger charge is -2.17. The fourth-order valence-corrected chi connectivity index (χ4v) is 1.02. The van der Waals surface area contributed by atoms with E-state index in [0.717, 1.165) is 12.2 Å². The molecule has 0 fully saturated rings. The summed E-state index contributed by atoms with van der Waals surface area (Å²) in [5.74, 6) is -4.13. The SMILES string of the molecule is O=C(O)C1=CC(C(=O)O)NC(C(=O)O)=C1. The van der Waals surface area contributed by atoms with Gasteiger partial charge in [-0.05, 0) is 12.2 Å². The van der Waals surface area contributed by atoms with Crippen molar-refractivity contribution in [2.24, 2.45) is 0 Å². The molecule has 0 aromatic carbocycles. The molecule has 1 aliphatic rings. The first kappa shape index (κ1) is 10.8. The molecule has 1 unspecified atom stereocenters. The van der Waals surface area contributed by atoms with E-state index in [0.29, 0.717) is 0 Å². The zero-order valence-corrected chi connectivity index (χ0v) is 7.30. The number of dihydropyridines is 1. The number of carboxylic acids is 3. The summed E-state index contributed by atoms with van der Waals surface area (Å²) < 4.78 is 0. The first-order valence-corrected chi connectivity index (χ1v) is 3.81. The highest BCUT2D eigenvalue weighted by Gasteiger charge is 2.25. The van der Waals surface area contributed by atoms with Gasteiger partial charge in [-0.15, -0.1) is 0 Å². The van der Waals surface area contributed by atoms with Gasteiger partial charge in [-0.2, -0.15) is 0 Å². The van der Waals surface area contributed by atoms with E-state index in [1.807, 2.05) is 0 Å². The van der Waals surface area contributed by atoms with Crippen molar-refractivity contribution in [1.82, 2.24) is 5.32 Å². The van der Waals surface area contributed by atoms with Crippen molar-refractivity contribution in [3.63, 3.8) is 0 Å². The van der Waals surface area contributed by atoms with Crippen LogP contribution in [0.1, 0.15) is 0 Å². The Labute approximate surface area is 83.3 Å².